The third-order valence-corrected chi connectivity index (χ3v) is 5.40. The first-order valence-electron chi connectivity index (χ1n) is 9.59. The van der Waals surface area contributed by atoms with E-state index in [-0.39, 0.29) is 17.9 Å². The van der Waals surface area contributed by atoms with Crippen LogP contribution in [0.2, 0.25) is 0 Å². The van der Waals surface area contributed by atoms with Crippen LogP contribution in [0.15, 0.2) is 22.6 Å². The number of rotatable bonds is 3. The average Bonchev–Trinajstić information content (AvgIpc) is 3.06. The second-order valence-corrected chi connectivity index (χ2v) is 7.60. The van der Waals surface area contributed by atoms with E-state index < -0.39 is 0 Å². The normalized spacial score (nSPS) is 14.8. The molecule has 7 heteroatoms. The van der Waals surface area contributed by atoms with Gasteiger partial charge in [0.2, 0.25) is 0 Å². The van der Waals surface area contributed by atoms with Gasteiger partial charge in [0.15, 0.2) is 11.6 Å². The Balaban J connectivity index is 1.61. The molecule has 0 aliphatic carbocycles. The molecule has 28 heavy (non-hydrogen) atoms. The van der Waals surface area contributed by atoms with Crippen molar-refractivity contribution in [1.82, 2.24) is 14.8 Å². The van der Waals surface area contributed by atoms with E-state index >= 15 is 0 Å². The minimum absolute atomic E-state index is 0.0841. The van der Waals surface area contributed by atoms with E-state index in [0.29, 0.717) is 30.4 Å². The van der Waals surface area contributed by atoms with Gasteiger partial charge in [0.05, 0.1) is 0 Å². The summed E-state index contributed by atoms with van der Waals surface area (Å²) in [6, 6.07) is 5.82. The standard InChI is InChI=1S/C21H28N4O3/c1-13-7-6-8-17(14(13)2)22-21(27)25-11-9-16(10-12-25)19-23-18(15(3)28-19)20(26)24(4)5/h6-8,16H,9-12H2,1-5H3,(H,22,27). The summed E-state index contributed by atoms with van der Waals surface area (Å²) >= 11 is 0. The summed E-state index contributed by atoms with van der Waals surface area (Å²) < 4.78 is 5.77. The van der Waals surface area contributed by atoms with Crippen LogP contribution in [0.25, 0.3) is 0 Å². The van der Waals surface area contributed by atoms with E-state index in [0.717, 1.165) is 29.7 Å². The molecule has 0 radical (unpaired) electrons. The maximum atomic E-state index is 12.6. The predicted molar refractivity (Wildman–Crippen MR) is 108 cm³/mol. The molecule has 150 valence electrons. The Morgan fingerprint density at radius 3 is 2.50 bits per heavy atom. The molecule has 3 rings (SSSR count). The molecular weight excluding hydrogens is 356 g/mol. The summed E-state index contributed by atoms with van der Waals surface area (Å²) in [5, 5.41) is 3.01. The van der Waals surface area contributed by atoms with E-state index in [1.54, 1.807) is 21.0 Å². The molecular formula is C21H28N4O3. The molecule has 0 bridgehead atoms. The SMILES string of the molecule is Cc1cccc(NC(=O)N2CCC(c3nc(C(=O)N(C)C)c(C)o3)CC2)c1C. The lowest BCUT2D eigenvalue weighted by Gasteiger charge is -2.31. The third-order valence-electron chi connectivity index (χ3n) is 5.40. The molecule has 0 unspecified atom stereocenters. The fraction of sp³-hybridized carbons (Fsp3) is 0.476. The van der Waals surface area contributed by atoms with Crippen molar-refractivity contribution in [1.29, 1.82) is 0 Å². The number of nitrogens with one attached hydrogen (secondary N) is 1. The molecule has 1 aliphatic rings. The number of amides is 3. The van der Waals surface area contributed by atoms with Gasteiger partial charge in [0.25, 0.3) is 5.91 Å². The Kier molecular flexibility index (Phi) is 5.72. The Labute approximate surface area is 165 Å². The van der Waals surface area contributed by atoms with Crippen LogP contribution in [0.3, 0.4) is 0 Å². The van der Waals surface area contributed by atoms with Crippen molar-refractivity contribution in [2.24, 2.45) is 0 Å². The van der Waals surface area contributed by atoms with Crippen molar-refractivity contribution in [2.75, 3.05) is 32.5 Å². The van der Waals surface area contributed by atoms with Crippen molar-refractivity contribution < 1.29 is 14.0 Å². The molecule has 0 spiro atoms. The van der Waals surface area contributed by atoms with Crippen LogP contribution >= 0.6 is 0 Å². The van der Waals surface area contributed by atoms with Crippen molar-refractivity contribution in [3.63, 3.8) is 0 Å². The van der Waals surface area contributed by atoms with Crippen LogP contribution in [0.5, 0.6) is 0 Å². The summed E-state index contributed by atoms with van der Waals surface area (Å²) in [5.74, 6) is 1.10. The zero-order chi connectivity index (χ0) is 20.4. The van der Waals surface area contributed by atoms with Gasteiger partial charge in [-0.3, -0.25) is 4.79 Å². The number of piperidine rings is 1. The van der Waals surface area contributed by atoms with Crippen LogP contribution < -0.4 is 5.32 Å². The van der Waals surface area contributed by atoms with Gasteiger partial charge in [-0.2, -0.15) is 0 Å². The quantitative estimate of drug-likeness (QED) is 0.875. The van der Waals surface area contributed by atoms with Gasteiger partial charge >= 0.3 is 6.03 Å². The average molecular weight is 384 g/mol. The first kappa shape index (κ1) is 19.9. The lowest BCUT2D eigenvalue weighted by Crippen LogP contribution is -2.40. The summed E-state index contributed by atoms with van der Waals surface area (Å²) in [4.78, 5) is 32.5. The minimum Gasteiger partial charge on any atom is -0.445 e. The second-order valence-electron chi connectivity index (χ2n) is 7.60. The van der Waals surface area contributed by atoms with Crippen LogP contribution in [-0.2, 0) is 0 Å². The first-order chi connectivity index (χ1) is 13.3. The number of carbonyl (C=O) groups is 2. The minimum atomic E-state index is -0.155. The van der Waals surface area contributed by atoms with E-state index in [1.165, 1.54) is 4.90 Å². The van der Waals surface area contributed by atoms with Crippen molar-refractivity contribution in [2.45, 2.75) is 39.5 Å². The second kappa shape index (κ2) is 8.04. The van der Waals surface area contributed by atoms with Gasteiger partial charge in [-0.1, -0.05) is 12.1 Å². The largest absolute Gasteiger partial charge is 0.445 e. The van der Waals surface area contributed by atoms with Crippen LogP contribution in [0, 0.1) is 20.8 Å². The van der Waals surface area contributed by atoms with Crippen molar-refractivity contribution in [3.8, 4) is 0 Å². The molecule has 0 atom stereocenters. The summed E-state index contributed by atoms with van der Waals surface area (Å²) in [7, 11) is 3.40. The van der Waals surface area contributed by atoms with Gasteiger partial charge in [-0.15, -0.1) is 0 Å². The smallest absolute Gasteiger partial charge is 0.321 e. The predicted octanol–water partition coefficient (Wildman–Crippen LogP) is 3.71. The molecule has 1 aromatic carbocycles. The maximum absolute atomic E-state index is 12.6. The van der Waals surface area contributed by atoms with E-state index in [9.17, 15) is 9.59 Å². The zero-order valence-electron chi connectivity index (χ0n) is 17.2. The molecule has 1 aliphatic heterocycles. The van der Waals surface area contributed by atoms with Gasteiger partial charge in [-0.25, -0.2) is 9.78 Å². The molecule has 2 aromatic rings. The number of hydrogen-bond acceptors (Lipinski definition) is 4. The molecule has 2 heterocycles. The molecule has 7 nitrogen and oxygen atoms in total. The van der Waals surface area contributed by atoms with Crippen molar-refractivity contribution >= 4 is 17.6 Å². The lowest BCUT2D eigenvalue weighted by molar-refractivity contribution is 0.0821. The number of hydrogen-bond donors (Lipinski definition) is 1. The van der Waals surface area contributed by atoms with Crippen LogP contribution in [0.1, 0.15) is 52.0 Å². The molecule has 0 saturated carbocycles. The Morgan fingerprint density at radius 2 is 1.86 bits per heavy atom. The molecule has 3 amide bonds. The third kappa shape index (κ3) is 4.03. The highest BCUT2D eigenvalue weighted by Gasteiger charge is 2.29. The Hall–Kier alpha value is -2.83. The van der Waals surface area contributed by atoms with E-state index in [4.69, 9.17) is 4.42 Å². The van der Waals surface area contributed by atoms with Crippen LogP contribution in [-0.4, -0.2) is 53.9 Å². The number of nitrogens with zero attached hydrogens (tertiary/aromatic N) is 3. The number of aromatic nitrogens is 1. The lowest BCUT2D eigenvalue weighted by atomic mass is 9.97. The number of anilines is 1. The first-order valence-corrected chi connectivity index (χ1v) is 9.59. The molecule has 1 N–H and O–H groups in total. The molecule has 1 fully saturated rings. The Bertz CT molecular complexity index is 880. The van der Waals surface area contributed by atoms with Gasteiger partial charge in [-0.05, 0) is 50.8 Å². The maximum Gasteiger partial charge on any atom is 0.321 e. The fourth-order valence-corrected chi connectivity index (χ4v) is 3.41. The van der Waals surface area contributed by atoms with Gasteiger partial charge in [0.1, 0.15) is 5.76 Å². The number of urea groups is 1. The number of aryl methyl sites for hydroxylation is 2. The highest BCUT2D eigenvalue weighted by atomic mass is 16.4. The van der Waals surface area contributed by atoms with E-state index in [2.05, 4.69) is 10.3 Å². The zero-order valence-corrected chi connectivity index (χ0v) is 17.2. The molecule has 1 saturated heterocycles. The van der Waals surface area contributed by atoms with E-state index in [1.807, 2.05) is 36.9 Å². The highest BCUT2D eigenvalue weighted by molar-refractivity contribution is 5.93. The summed E-state index contributed by atoms with van der Waals surface area (Å²) in [6.45, 7) is 7.05. The van der Waals surface area contributed by atoms with Gasteiger partial charge in [0, 0.05) is 38.8 Å². The number of oxazole rings is 1. The van der Waals surface area contributed by atoms with Crippen molar-refractivity contribution in [3.05, 3.63) is 46.7 Å². The fourth-order valence-electron chi connectivity index (χ4n) is 3.41. The number of likely N-dealkylation sites (tertiary alicyclic amines) is 1. The topological polar surface area (TPSA) is 78.7 Å². The number of carbonyl (C=O) groups excluding carboxylic acids is 2. The number of benzene rings is 1. The molecule has 1 aromatic heterocycles. The summed E-state index contributed by atoms with van der Waals surface area (Å²) in [5.41, 5.74) is 3.45. The highest BCUT2D eigenvalue weighted by Crippen LogP contribution is 2.29. The monoisotopic (exact) mass is 384 g/mol. The summed E-state index contributed by atoms with van der Waals surface area (Å²) in [6.07, 6.45) is 1.52. The van der Waals surface area contributed by atoms with Crippen LogP contribution in [0.4, 0.5) is 10.5 Å². The Morgan fingerprint density at radius 1 is 1.18 bits per heavy atom. The van der Waals surface area contributed by atoms with Gasteiger partial charge < -0.3 is 19.5 Å².